The number of carbonyl (C=O) groups excluding carboxylic acids is 2. The second-order valence-electron chi connectivity index (χ2n) is 13.6. The molecule has 2 rings (SSSR count). The molecule has 1 N–H and O–H groups in total. The first kappa shape index (κ1) is 38.3. The molecule has 0 saturated carbocycles. The third-order valence-electron chi connectivity index (χ3n) is 9.08. The first-order valence-electron chi connectivity index (χ1n) is 18.4. The molecule has 45 heavy (non-hydrogen) atoms. The van der Waals surface area contributed by atoms with Gasteiger partial charge in [0.15, 0.2) is 0 Å². The molecule has 2 aliphatic heterocycles. The van der Waals surface area contributed by atoms with Gasteiger partial charge in [-0.3, -0.25) is 14.9 Å². The quantitative estimate of drug-likeness (QED) is 0.0745. The number of hydrogen-bond acceptors (Lipinski definition) is 4. The SMILES string of the molecule is CCCCCCCCCCCCN1C(C(C)C)=CC(=C/C=C2/C(=O)NC(=O)C(C#N)=C2CCCCCCCCC)C=C1C(C)C. The highest BCUT2D eigenvalue weighted by Gasteiger charge is 2.29. The van der Waals surface area contributed by atoms with Crippen LogP contribution in [-0.2, 0) is 9.59 Å². The van der Waals surface area contributed by atoms with Crippen molar-refractivity contribution < 1.29 is 9.59 Å². The Balaban J connectivity index is 2.16. The fourth-order valence-electron chi connectivity index (χ4n) is 6.39. The lowest BCUT2D eigenvalue weighted by Gasteiger charge is -2.37. The van der Waals surface area contributed by atoms with E-state index >= 15 is 0 Å². The van der Waals surface area contributed by atoms with Crippen molar-refractivity contribution in [3.8, 4) is 6.07 Å². The van der Waals surface area contributed by atoms with Crippen molar-refractivity contribution in [2.75, 3.05) is 6.54 Å². The van der Waals surface area contributed by atoms with Crippen LogP contribution in [0.4, 0.5) is 0 Å². The molecule has 250 valence electrons. The van der Waals surface area contributed by atoms with Gasteiger partial charge in [0.25, 0.3) is 11.8 Å². The maximum Gasteiger partial charge on any atom is 0.269 e. The monoisotopic (exact) mass is 617 g/mol. The highest BCUT2D eigenvalue weighted by molar-refractivity contribution is 6.18. The van der Waals surface area contributed by atoms with Crippen molar-refractivity contribution in [1.82, 2.24) is 10.2 Å². The predicted octanol–water partition coefficient (Wildman–Crippen LogP) is 10.8. The van der Waals surface area contributed by atoms with Crippen LogP contribution in [0.15, 0.2) is 58.0 Å². The van der Waals surface area contributed by atoms with Crippen molar-refractivity contribution in [3.05, 3.63) is 58.0 Å². The molecular formula is C40H63N3O2. The lowest BCUT2D eigenvalue weighted by Crippen LogP contribution is -2.38. The van der Waals surface area contributed by atoms with Gasteiger partial charge in [-0.25, -0.2) is 0 Å². The van der Waals surface area contributed by atoms with Crippen LogP contribution in [0.3, 0.4) is 0 Å². The Morgan fingerprint density at radius 3 is 1.62 bits per heavy atom. The summed E-state index contributed by atoms with van der Waals surface area (Å²) in [4.78, 5) is 28.0. The van der Waals surface area contributed by atoms with Gasteiger partial charge in [-0.2, -0.15) is 5.26 Å². The maximum atomic E-state index is 13.0. The first-order valence-corrected chi connectivity index (χ1v) is 18.4. The molecule has 0 unspecified atom stereocenters. The van der Waals surface area contributed by atoms with Crippen LogP contribution in [-0.4, -0.2) is 23.3 Å². The Morgan fingerprint density at radius 2 is 1.16 bits per heavy atom. The van der Waals surface area contributed by atoms with Crippen LogP contribution < -0.4 is 5.32 Å². The third kappa shape index (κ3) is 13.2. The smallest absolute Gasteiger partial charge is 0.269 e. The van der Waals surface area contributed by atoms with Crippen molar-refractivity contribution in [1.29, 1.82) is 5.26 Å². The molecule has 0 atom stereocenters. The predicted molar refractivity (Wildman–Crippen MR) is 189 cm³/mol. The van der Waals surface area contributed by atoms with Gasteiger partial charge >= 0.3 is 0 Å². The number of nitrogens with zero attached hydrogens (tertiary/aromatic N) is 2. The molecule has 2 amide bonds. The number of amides is 2. The third-order valence-corrected chi connectivity index (χ3v) is 9.08. The molecule has 0 saturated heterocycles. The molecule has 5 nitrogen and oxygen atoms in total. The summed E-state index contributed by atoms with van der Waals surface area (Å²) in [7, 11) is 0. The molecule has 0 fully saturated rings. The molecular weight excluding hydrogens is 554 g/mol. The number of allylic oxidation sites excluding steroid dienone is 7. The average molecular weight is 618 g/mol. The Labute approximate surface area is 276 Å². The summed E-state index contributed by atoms with van der Waals surface area (Å²) < 4.78 is 0. The minimum atomic E-state index is -0.575. The molecule has 0 spiro atoms. The zero-order chi connectivity index (χ0) is 33.0. The average Bonchev–Trinajstić information content (AvgIpc) is 3.01. The largest absolute Gasteiger partial charge is 0.348 e. The summed E-state index contributed by atoms with van der Waals surface area (Å²) in [6.07, 6.45) is 30.2. The van der Waals surface area contributed by atoms with Gasteiger partial charge < -0.3 is 4.90 Å². The van der Waals surface area contributed by atoms with Gasteiger partial charge in [0.1, 0.15) is 11.6 Å². The Bertz CT molecular complexity index is 1110. The Kier molecular flexibility index (Phi) is 18.6. The summed E-state index contributed by atoms with van der Waals surface area (Å²) in [6.45, 7) is 14.5. The van der Waals surface area contributed by atoms with Crippen LogP contribution in [0.5, 0.6) is 0 Å². The fourth-order valence-corrected chi connectivity index (χ4v) is 6.39. The van der Waals surface area contributed by atoms with Crippen molar-refractivity contribution in [2.24, 2.45) is 11.8 Å². The van der Waals surface area contributed by atoms with E-state index in [1.54, 1.807) is 0 Å². The van der Waals surface area contributed by atoms with E-state index in [1.165, 1.54) is 101 Å². The standard InChI is InChI=1S/C40H63N3O2/c1-7-9-11-13-15-16-17-19-21-23-27-43-37(31(3)4)28-33(29-38(43)32(5)6)25-26-35-34(24-22-20-18-14-12-10-8-2)36(30-41)40(45)42-39(35)44/h25-26,28-29,31-32H,7-24,27H2,1-6H3,(H,42,44,45)/b35-26+. The molecule has 0 aromatic carbocycles. The van der Waals surface area contributed by atoms with Gasteiger partial charge in [0.2, 0.25) is 0 Å². The van der Waals surface area contributed by atoms with Gasteiger partial charge in [0, 0.05) is 23.5 Å². The number of nitriles is 1. The van der Waals surface area contributed by atoms with Crippen molar-refractivity contribution in [2.45, 2.75) is 157 Å². The van der Waals surface area contributed by atoms with Crippen LogP contribution in [0.25, 0.3) is 0 Å². The molecule has 0 aliphatic carbocycles. The number of rotatable bonds is 22. The highest BCUT2D eigenvalue weighted by atomic mass is 16.2. The van der Waals surface area contributed by atoms with E-state index in [0.717, 1.165) is 31.4 Å². The zero-order valence-electron chi connectivity index (χ0n) is 29.6. The molecule has 0 bridgehead atoms. The number of carbonyl (C=O) groups is 2. The maximum absolute atomic E-state index is 13.0. The molecule has 2 heterocycles. The number of imide groups is 1. The Morgan fingerprint density at radius 1 is 0.689 bits per heavy atom. The lowest BCUT2D eigenvalue weighted by atomic mass is 9.89. The molecule has 0 aromatic heterocycles. The van der Waals surface area contributed by atoms with E-state index in [2.05, 4.69) is 70.0 Å². The summed E-state index contributed by atoms with van der Waals surface area (Å²) in [5.41, 5.74) is 4.77. The molecule has 2 aliphatic rings. The van der Waals surface area contributed by atoms with Crippen LogP contribution in [0.1, 0.15) is 157 Å². The minimum absolute atomic E-state index is 0.0772. The van der Waals surface area contributed by atoms with Gasteiger partial charge in [-0.05, 0) is 60.5 Å². The number of hydrogen-bond donors (Lipinski definition) is 1. The van der Waals surface area contributed by atoms with E-state index in [9.17, 15) is 14.9 Å². The zero-order valence-corrected chi connectivity index (χ0v) is 29.6. The van der Waals surface area contributed by atoms with Crippen LogP contribution in [0, 0.1) is 23.2 Å². The topological polar surface area (TPSA) is 73.2 Å². The molecule has 0 aromatic rings. The summed E-state index contributed by atoms with van der Waals surface area (Å²) >= 11 is 0. The summed E-state index contributed by atoms with van der Waals surface area (Å²) in [6, 6.07) is 2.08. The van der Waals surface area contributed by atoms with Gasteiger partial charge in [-0.15, -0.1) is 0 Å². The molecule has 5 heteroatoms. The highest BCUT2D eigenvalue weighted by Crippen LogP contribution is 2.33. The second kappa shape index (κ2) is 21.8. The van der Waals surface area contributed by atoms with E-state index in [0.29, 0.717) is 29.4 Å². The first-order chi connectivity index (χ1) is 21.7. The Hall–Kier alpha value is -2.87. The van der Waals surface area contributed by atoms with E-state index in [-0.39, 0.29) is 5.57 Å². The summed E-state index contributed by atoms with van der Waals surface area (Å²) in [5, 5.41) is 12.2. The number of unbranched alkanes of at least 4 members (excludes halogenated alkanes) is 15. The number of nitrogens with one attached hydrogen (secondary N) is 1. The van der Waals surface area contributed by atoms with E-state index in [4.69, 9.17) is 0 Å². The fraction of sp³-hybridized carbons (Fsp3) is 0.675. The molecule has 0 radical (unpaired) electrons. The van der Waals surface area contributed by atoms with Crippen LogP contribution in [0.2, 0.25) is 0 Å². The van der Waals surface area contributed by atoms with Crippen molar-refractivity contribution in [3.63, 3.8) is 0 Å². The van der Waals surface area contributed by atoms with Gasteiger partial charge in [0.05, 0.1) is 0 Å². The van der Waals surface area contributed by atoms with Gasteiger partial charge in [-0.1, -0.05) is 144 Å². The summed E-state index contributed by atoms with van der Waals surface area (Å²) in [5.74, 6) is -0.261. The lowest BCUT2D eigenvalue weighted by molar-refractivity contribution is -0.126. The van der Waals surface area contributed by atoms with Crippen LogP contribution >= 0.6 is 0 Å². The normalized spacial score (nSPS) is 16.5. The van der Waals surface area contributed by atoms with Crippen molar-refractivity contribution >= 4 is 11.8 Å². The van der Waals surface area contributed by atoms with E-state index in [1.807, 2.05) is 12.2 Å². The second-order valence-corrected chi connectivity index (χ2v) is 13.6. The minimum Gasteiger partial charge on any atom is -0.348 e. The van der Waals surface area contributed by atoms with E-state index < -0.39 is 11.8 Å².